The molecular formula is C12H11F3N2. The number of alkyl halides is 3. The highest BCUT2D eigenvalue weighted by molar-refractivity contribution is 5.37. The van der Waals surface area contributed by atoms with Crippen LogP contribution in [0, 0.1) is 11.3 Å². The molecule has 5 heteroatoms. The second kappa shape index (κ2) is 3.73. The van der Waals surface area contributed by atoms with Crippen molar-refractivity contribution in [3.05, 3.63) is 29.1 Å². The van der Waals surface area contributed by atoms with Crippen molar-refractivity contribution >= 4 is 0 Å². The molecule has 0 saturated heterocycles. The Morgan fingerprint density at radius 2 is 2.06 bits per heavy atom. The van der Waals surface area contributed by atoms with E-state index in [9.17, 15) is 13.2 Å². The van der Waals surface area contributed by atoms with E-state index in [0.29, 0.717) is 24.8 Å². The van der Waals surface area contributed by atoms with E-state index in [1.807, 2.05) is 0 Å². The monoisotopic (exact) mass is 240 g/mol. The summed E-state index contributed by atoms with van der Waals surface area (Å²) in [5.74, 6) is 0. The van der Waals surface area contributed by atoms with E-state index in [1.54, 1.807) is 13.0 Å². The minimum atomic E-state index is -4.45. The van der Waals surface area contributed by atoms with E-state index in [0.717, 1.165) is 6.07 Å². The molecule has 90 valence electrons. The number of rotatable bonds is 2. The predicted molar refractivity (Wildman–Crippen MR) is 55.1 cm³/mol. The highest BCUT2D eigenvalue weighted by atomic mass is 19.4. The molecule has 0 N–H and O–H groups in total. The van der Waals surface area contributed by atoms with Crippen molar-refractivity contribution in [2.24, 2.45) is 0 Å². The molecule has 1 saturated carbocycles. The Hall–Kier alpha value is -1.57. The molecule has 17 heavy (non-hydrogen) atoms. The van der Waals surface area contributed by atoms with Crippen LogP contribution < -0.4 is 0 Å². The molecule has 0 bridgehead atoms. The summed E-state index contributed by atoms with van der Waals surface area (Å²) in [6, 6.07) is 4.74. The molecule has 0 atom stereocenters. The average Bonchev–Trinajstić information content (AvgIpc) is 3.08. The maximum Gasteiger partial charge on any atom is 0.433 e. The van der Waals surface area contributed by atoms with Crippen LogP contribution in [-0.4, -0.2) is 4.98 Å². The normalized spacial score (nSPS) is 17.6. The summed E-state index contributed by atoms with van der Waals surface area (Å²) in [5.41, 5.74) is -0.825. The maximum absolute atomic E-state index is 12.7. The molecule has 0 amide bonds. The van der Waals surface area contributed by atoms with Gasteiger partial charge in [0.2, 0.25) is 0 Å². The van der Waals surface area contributed by atoms with Crippen molar-refractivity contribution in [3.8, 4) is 6.07 Å². The van der Waals surface area contributed by atoms with Gasteiger partial charge in [0, 0.05) is 0 Å². The fourth-order valence-corrected chi connectivity index (χ4v) is 1.73. The number of pyridine rings is 1. The summed E-state index contributed by atoms with van der Waals surface area (Å²) in [5, 5.41) is 9.00. The lowest BCUT2D eigenvalue weighted by atomic mass is 10.0. The number of aryl methyl sites for hydroxylation is 1. The lowest BCUT2D eigenvalue weighted by molar-refractivity contribution is -0.141. The van der Waals surface area contributed by atoms with Gasteiger partial charge >= 0.3 is 6.18 Å². The fourth-order valence-electron chi connectivity index (χ4n) is 1.73. The minimum absolute atomic E-state index is 0.270. The topological polar surface area (TPSA) is 36.7 Å². The third kappa shape index (κ3) is 2.12. The highest BCUT2D eigenvalue weighted by Gasteiger charge is 2.47. The molecule has 1 aliphatic rings. The van der Waals surface area contributed by atoms with Gasteiger partial charge in [0.1, 0.15) is 5.69 Å². The summed E-state index contributed by atoms with van der Waals surface area (Å²) in [7, 11) is 0. The van der Waals surface area contributed by atoms with Gasteiger partial charge in [-0.05, 0) is 37.0 Å². The highest BCUT2D eigenvalue weighted by Crippen LogP contribution is 2.47. The van der Waals surface area contributed by atoms with Gasteiger partial charge in [-0.3, -0.25) is 0 Å². The molecule has 2 nitrogen and oxygen atoms in total. The largest absolute Gasteiger partial charge is 0.433 e. The van der Waals surface area contributed by atoms with Crippen molar-refractivity contribution in [2.75, 3.05) is 0 Å². The summed E-state index contributed by atoms with van der Waals surface area (Å²) >= 11 is 0. The lowest BCUT2D eigenvalue weighted by Crippen LogP contribution is -2.14. The van der Waals surface area contributed by atoms with Crippen LogP contribution in [0.2, 0.25) is 0 Å². The van der Waals surface area contributed by atoms with Crippen LogP contribution in [-0.2, 0) is 18.0 Å². The Kier molecular flexibility index (Phi) is 2.61. The Bertz CT molecular complexity index is 482. The zero-order valence-corrected chi connectivity index (χ0v) is 9.30. The summed E-state index contributed by atoms with van der Waals surface area (Å²) < 4.78 is 38.0. The predicted octanol–water partition coefficient (Wildman–Crippen LogP) is 3.22. The lowest BCUT2D eigenvalue weighted by Gasteiger charge is -2.12. The SMILES string of the molecule is CCc1cc(C(F)(F)F)nc(C2(C#N)CC2)c1. The first-order chi connectivity index (χ1) is 7.91. The summed E-state index contributed by atoms with van der Waals surface area (Å²) in [6.45, 7) is 1.78. The number of nitriles is 1. The van der Waals surface area contributed by atoms with Crippen LogP contribution in [0.4, 0.5) is 13.2 Å². The van der Waals surface area contributed by atoms with Crippen LogP contribution in [0.1, 0.15) is 36.7 Å². The van der Waals surface area contributed by atoms with Crippen LogP contribution >= 0.6 is 0 Å². The van der Waals surface area contributed by atoms with Crippen LogP contribution in [0.15, 0.2) is 12.1 Å². The molecule has 1 aromatic heterocycles. The van der Waals surface area contributed by atoms with Crippen molar-refractivity contribution in [1.82, 2.24) is 4.98 Å². The third-order valence-corrected chi connectivity index (χ3v) is 3.04. The maximum atomic E-state index is 12.7. The van der Waals surface area contributed by atoms with Crippen molar-refractivity contribution in [1.29, 1.82) is 5.26 Å². The first kappa shape index (κ1) is 11.9. The van der Waals surface area contributed by atoms with E-state index < -0.39 is 17.3 Å². The van der Waals surface area contributed by atoms with E-state index in [1.165, 1.54) is 0 Å². The smallest absolute Gasteiger partial charge is 0.247 e. The fraction of sp³-hybridized carbons (Fsp3) is 0.500. The van der Waals surface area contributed by atoms with Crippen molar-refractivity contribution in [2.45, 2.75) is 37.8 Å². The first-order valence-electron chi connectivity index (χ1n) is 5.41. The van der Waals surface area contributed by atoms with Crippen molar-refractivity contribution in [3.63, 3.8) is 0 Å². The number of aromatic nitrogens is 1. The molecule has 1 aromatic rings. The van der Waals surface area contributed by atoms with Crippen LogP contribution in [0.5, 0.6) is 0 Å². The molecule has 2 rings (SSSR count). The zero-order valence-electron chi connectivity index (χ0n) is 9.30. The zero-order chi connectivity index (χ0) is 12.7. The van der Waals surface area contributed by atoms with Gasteiger partial charge in [0.25, 0.3) is 0 Å². The Balaban J connectivity index is 2.51. The van der Waals surface area contributed by atoms with Gasteiger partial charge in [-0.15, -0.1) is 0 Å². The molecule has 0 radical (unpaired) electrons. The molecule has 1 aliphatic carbocycles. The van der Waals surface area contributed by atoms with Gasteiger partial charge in [0.15, 0.2) is 0 Å². The molecule has 0 spiro atoms. The Morgan fingerprint density at radius 1 is 1.41 bits per heavy atom. The molecule has 1 fully saturated rings. The van der Waals surface area contributed by atoms with E-state index in [2.05, 4.69) is 11.1 Å². The van der Waals surface area contributed by atoms with Gasteiger partial charge in [-0.25, -0.2) is 4.98 Å². The van der Waals surface area contributed by atoms with Gasteiger partial charge in [-0.2, -0.15) is 18.4 Å². The minimum Gasteiger partial charge on any atom is -0.247 e. The molecule has 0 unspecified atom stereocenters. The first-order valence-corrected chi connectivity index (χ1v) is 5.41. The van der Waals surface area contributed by atoms with Gasteiger partial charge in [0.05, 0.1) is 17.2 Å². The van der Waals surface area contributed by atoms with Crippen LogP contribution in [0.25, 0.3) is 0 Å². The number of nitrogens with zero attached hydrogens (tertiary/aromatic N) is 2. The molecule has 0 aromatic carbocycles. The number of hydrogen-bond acceptors (Lipinski definition) is 2. The molecular weight excluding hydrogens is 229 g/mol. The Labute approximate surface area is 97.1 Å². The summed E-state index contributed by atoms with van der Waals surface area (Å²) in [6.07, 6.45) is -2.76. The van der Waals surface area contributed by atoms with Crippen molar-refractivity contribution < 1.29 is 13.2 Å². The summed E-state index contributed by atoms with van der Waals surface area (Å²) in [4.78, 5) is 3.61. The second-order valence-corrected chi connectivity index (χ2v) is 4.29. The second-order valence-electron chi connectivity index (χ2n) is 4.29. The average molecular weight is 240 g/mol. The number of halogens is 3. The third-order valence-electron chi connectivity index (χ3n) is 3.04. The van der Waals surface area contributed by atoms with Gasteiger partial charge in [-0.1, -0.05) is 6.92 Å². The standard InChI is InChI=1S/C12H11F3N2/c1-2-8-5-9(11(7-16)3-4-11)17-10(6-8)12(13,14)15/h5-6H,2-4H2,1H3. The van der Waals surface area contributed by atoms with E-state index >= 15 is 0 Å². The quantitative estimate of drug-likeness (QED) is 0.795. The van der Waals surface area contributed by atoms with E-state index in [4.69, 9.17) is 5.26 Å². The number of hydrogen-bond donors (Lipinski definition) is 0. The van der Waals surface area contributed by atoms with Crippen LogP contribution in [0.3, 0.4) is 0 Å². The Morgan fingerprint density at radius 3 is 2.47 bits per heavy atom. The van der Waals surface area contributed by atoms with E-state index in [-0.39, 0.29) is 5.69 Å². The van der Waals surface area contributed by atoms with Gasteiger partial charge < -0.3 is 0 Å². The molecule has 1 heterocycles. The molecule has 0 aliphatic heterocycles.